The van der Waals surface area contributed by atoms with E-state index in [1.54, 1.807) is 0 Å². The summed E-state index contributed by atoms with van der Waals surface area (Å²) in [6.07, 6.45) is 21.4. The first-order chi connectivity index (χ1) is 14.2. The second-order valence-electron chi connectivity index (χ2n) is 7.84. The minimum absolute atomic E-state index is 0.0445. The smallest absolute Gasteiger partial charge is 0.305 e. The molecule has 0 heterocycles. The fourth-order valence-electron chi connectivity index (χ4n) is 3.32. The molecular formula is C24H47NO4. The van der Waals surface area contributed by atoms with Crippen LogP contribution in [0.1, 0.15) is 96.8 Å². The molecule has 0 aliphatic heterocycles. The molecule has 0 bridgehead atoms. The Balaban J connectivity index is 3.36. The quantitative estimate of drug-likeness (QED) is 0.151. The molecule has 5 heteroatoms. The lowest BCUT2D eigenvalue weighted by atomic mass is 10.1. The molecule has 29 heavy (non-hydrogen) atoms. The number of hydrogen-bond donors (Lipinski definition) is 2. The minimum atomic E-state index is -0.143. The summed E-state index contributed by atoms with van der Waals surface area (Å²) >= 11 is 0. The van der Waals surface area contributed by atoms with Crippen molar-refractivity contribution in [2.24, 2.45) is 0 Å². The van der Waals surface area contributed by atoms with Gasteiger partial charge in [-0.1, -0.05) is 70.4 Å². The summed E-state index contributed by atoms with van der Waals surface area (Å²) in [6, 6.07) is 0. The van der Waals surface area contributed by atoms with Gasteiger partial charge in [-0.25, -0.2) is 0 Å². The monoisotopic (exact) mass is 413 g/mol. The van der Waals surface area contributed by atoms with Crippen LogP contribution in [0, 0.1) is 0 Å². The third kappa shape index (κ3) is 21.6. The largest absolute Gasteiger partial charge is 0.464 e. The minimum Gasteiger partial charge on any atom is -0.464 e. The number of unbranched alkanes of at least 4 members (excludes halogenated alkanes) is 11. The van der Waals surface area contributed by atoms with Crippen molar-refractivity contribution in [2.45, 2.75) is 96.8 Å². The van der Waals surface area contributed by atoms with Crippen molar-refractivity contribution in [3.8, 4) is 0 Å². The van der Waals surface area contributed by atoms with Gasteiger partial charge in [0.15, 0.2) is 0 Å². The van der Waals surface area contributed by atoms with E-state index in [-0.39, 0.29) is 19.2 Å². The Morgan fingerprint density at radius 1 is 0.759 bits per heavy atom. The van der Waals surface area contributed by atoms with E-state index in [9.17, 15) is 4.79 Å². The number of carbonyl (C=O) groups is 1. The third-order valence-corrected chi connectivity index (χ3v) is 5.15. The number of nitrogens with zero attached hydrogens (tertiary/aromatic N) is 1. The van der Waals surface area contributed by atoms with Crippen molar-refractivity contribution in [3.05, 3.63) is 12.2 Å². The molecule has 0 saturated carbocycles. The maximum Gasteiger partial charge on any atom is 0.305 e. The van der Waals surface area contributed by atoms with Gasteiger partial charge in [-0.15, -0.1) is 0 Å². The summed E-state index contributed by atoms with van der Waals surface area (Å²) in [5.41, 5.74) is 0. The second-order valence-corrected chi connectivity index (χ2v) is 7.84. The Morgan fingerprint density at radius 3 is 1.83 bits per heavy atom. The topological polar surface area (TPSA) is 70.0 Å². The Kier molecular flexibility index (Phi) is 22.6. The summed E-state index contributed by atoms with van der Waals surface area (Å²) < 4.78 is 5.23. The molecule has 0 radical (unpaired) electrons. The lowest BCUT2D eigenvalue weighted by molar-refractivity contribution is -0.144. The molecule has 0 aliphatic carbocycles. The molecule has 0 aromatic rings. The van der Waals surface area contributed by atoms with Crippen molar-refractivity contribution >= 4 is 5.97 Å². The van der Waals surface area contributed by atoms with Crippen LogP contribution in [0.4, 0.5) is 0 Å². The third-order valence-electron chi connectivity index (χ3n) is 5.15. The number of aliphatic hydroxyl groups is 2. The molecule has 5 nitrogen and oxygen atoms in total. The zero-order valence-corrected chi connectivity index (χ0v) is 19.0. The summed E-state index contributed by atoms with van der Waals surface area (Å²) in [5, 5.41) is 17.9. The Hall–Kier alpha value is -0.910. The predicted octanol–water partition coefficient (Wildman–Crippen LogP) is 4.85. The molecule has 0 saturated heterocycles. The van der Waals surface area contributed by atoms with Gasteiger partial charge in [0.1, 0.15) is 6.61 Å². The van der Waals surface area contributed by atoms with Crippen LogP contribution in [0.2, 0.25) is 0 Å². The molecule has 0 rings (SSSR count). The first kappa shape index (κ1) is 28.1. The number of carbonyl (C=O) groups excluding carboxylic acids is 1. The van der Waals surface area contributed by atoms with Gasteiger partial charge in [0.2, 0.25) is 0 Å². The van der Waals surface area contributed by atoms with Crippen LogP contribution in [0.15, 0.2) is 12.2 Å². The molecule has 0 aromatic heterocycles. The van der Waals surface area contributed by atoms with Crippen molar-refractivity contribution in [1.29, 1.82) is 0 Å². The number of ether oxygens (including phenoxy) is 1. The van der Waals surface area contributed by atoms with Gasteiger partial charge in [-0.05, 0) is 32.1 Å². The number of hydrogen-bond acceptors (Lipinski definition) is 5. The van der Waals surface area contributed by atoms with Crippen molar-refractivity contribution in [1.82, 2.24) is 4.90 Å². The molecular weight excluding hydrogens is 366 g/mol. The standard InChI is InChI=1S/C24H47NO4/c1-2-3-4-5-6-7-8-9-10-11-12-13-14-15-16-17-24(28)29-23-20-25(18-21-26)19-22-27/h9-10,26-27H,2-8,11-23H2,1H3. The van der Waals surface area contributed by atoms with Gasteiger partial charge in [0.25, 0.3) is 0 Å². The van der Waals surface area contributed by atoms with Crippen LogP contribution in [0.5, 0.6) is 0 Å². The average Bonchev–Trinajstić information content (AvgIpc) is 2.71. The average molecular weight is 414 g/mol. The summed E-state index contributed by atoms with van der Waals surface area (Å²) in [4.78, 5) is 13.6. The highest BCUT2D eigenvalue weighted by molar-refractivity contribution is 5.69. The molecule has 0 spiro atoms. The predicted molar refractivity (Wildman–Crippen MR) is 121 cm³/mol. The number of rotatable bonds is 22. The van der Waals surface area contributed by atoms with E-state index in [2.05, 4.69) is 19.1 Å². The van der Waals surface area contributed by atoms with Gasteiger partial charge in [0.05, 0.1) is 13.2 Å². The van der Waals surface area contributed by atoms with Crippen LogP contribution in [0.25, 0.3) is 0 Å². The molecule has 0 amide bonds. The van der Waals surface area contributed by atoms with Crippen LogP contribution in [-0.4, -0.2) is 60.5 Å². The fourth-order valence-corrected chi connectivity index (χ4v) is 3.32. The van der Waals surface area contributed by atoms with Gasteiger partial charge >= 0.3 is 5.97 Å². The lowest BCUT2D eigenvalue weighted by Gasteiger charge is -2.19. The second kappa shape index (κ2) is 23.4. The normalized spacial score (nSPS) is 11.6. The van der Waals surface area contributed by atoms with Gasteiger partial charge < -0.3 is 14.9 Å². The maximum atomic E-state index is 11.7. The lowest BCUT2D eigenvalue weighted by Crippen LogP contribution is -2.33. The summed E-state index contributed by atoms with van der Waals surface area (Å²) in [7, 11) is 0. The molecule has 0 aliphatic rings. The Morgan fingerprint density at radius 2 is 1.28 bits per heavy atom. The highest BCUT2D eigenvalue weighted by Crippen LogP contribution is 2.10. The number of allylic oxidation sites excluding steroid dienone is 2. The van der Waals surface area contributed by atoms with E-state index >= 15 is 0 Å². The van der Waals surface area contributed by atoms with Crippen molar-refractivity contribution < 1.29 is 19.7 Å². The number of aliphatic hydroxyl groups excluding tert-OH is 2. The van der Waals surface area contributed by atoms with E-state index in [1.165, 1.54) is 70.6 Å². The molecule has 0 aromatic carbocycles. The molecule has 0 unspecified atom stereocenters. The summed E-state index contributed by atoms with van der Waals surface area (Å²) in [5.74, 6) is -0.143. The molecule has 172 valence electrons. The van der Waals surface area contributed by atoms with Crippen LogP contribution in [-0.2, 0) is 9.53 Å². The van der Waals surface area contributed by atoms with Gasteiger partial charge in [-0.3, -0.25) is 9.69 Å². The highest BCUT2D eigenvalue weighted by Gasteiger charge is 2.06. The molecule has 2 N–H and O–H groups in total. The van der Waals surface area contributed by atoms with Gasteiger partial charge in [0, 0.05) is 26.1 Å². The van der Waals surface area contributed by atoms with Crippen molar-refractivity contribution in [3.63, 3.8) is 0 Å². The Labute approximate surface area is 179 Å². The van der Waals surface area contributed by atoms with Crippen LogP contribution < -0.4 is 0 Å². The highest BCUT2D eigenvalue weighted by atomic mass is 16.5. The first-order valence-corrected chi connectivity index (χ1v) is 12.0. The number of esters is 1. The SMILES string of the molecule is CCCCCCCCC=CCCCCCCCC(=O)OCCN(CCO)CCO. The van der Waals surface area contributed by atoms with Crippen LogP contribution >= 0.6 is 0 Å². The fraction of sp³-hybridized carbons (Fsp3) is 0.875. The zero-order valence-electron chi connectivity index (χ0n) is 19.0. The van der Waals surface area contributed by atoms with Crippen molar-refractivity contribution in [2.75, 3.05) is 39.5 Å². The van der Waals surface area contributed by atoms with Crippen LogP contribution in [0.3, 0.4) is 0 Å². The van der Waals surface area contributed by atoms with Gasteiger partial charge in [-0.2, -0.15) is 0 Å². The Bertz CT molecular complexity index is 368. The molecule has 0 fully saturated rings. The van der Waals surface area contributed by atoms with E-state index in [0.29, 0.717) is 32.7 Å². The molecule has 0 atom stereocenters. The zero-order chi connectivity index (χ0) is 21.4. The maximum absolute atomic E-state index is 11.7. The van der Waals surface area contributed by atoms with E-state index in [1.807, 2.05) is 4.90 Å². The van der Waals surface area contributed by atoms with E-state index < -0.39 is 0 Å². The summed E-state index contributed by atoms with van der Waals surface area (Å²) in [6.45, 7) is 4.21. The first-order valence-electron chi connectivity index (χ1n) is 12.0. The van der Waals surface area contributed by atoms with E-state index in [0.717, 1.165) is 12.8 Å². The van der Waals surface area contributed by atoms with E-state index in [4.69, 9.17) is 14.9 Å².